The molecule has 3 heterocycles. The van der Waals surface area contributed by atoms with Crippen molar-refractivity contribution in [2.75, 3.05) is 0 Å². The fourth-order valence-electron chi connectivity index (χ4n) is 2.74. The highest BCUT2D eigenvalue weighted by atomic mass is 16.5. The molecule has 124 valence electrons. The van der Waals surface area contributed by atoms with Crippen LogP contribution < -0.4 is 10.3 Å². The van der Waals surface area contributed by atoms with Gasteiger partial charge in [0.15, 0.2) is 0 Å². The summed E-state index contributed by atoms with van der Waals surface area (Å²) in [6, 6.07) is 12.0. The van der Waals surface area contributed by atoms with Crippen molar-refractivity contribution in [3.05, 3.63) is 71.4 Å². The number of phenols is 1. The van der Waals surface area contributed by atoms with Crippen LogP contribution in [-0.2, 0) is 7.05 Å². The van der Waals surface area contributed by atoms with Gasteiger partial charge in [-0.2, -0.15) is 0 Å². The first-order chi connectivity index (χ1) is 12.1. The van der Waals surface area contributed by atoms with Gasteiger partial charge in [-0.1, -0.05) is 0 Å². The first-order valence-electron chi connectivity index (χ1n) is 7.72. The van der Waals surface area contributed by atoms with Gasteiger partial charge in [0.2, 0.25) is 5.88 Å². The zero-order chi connectivity index (χ0) is 17.4. The summed E-state index contributed by atoms with van der Waals surface area (Å²) in [5.41, 5.74) is 2.07. The molecule has 3 aromatic heterocycles. The van der Waals surface area contributed by atoms with Crippen molar-refractivity contribution in [2.45, 2.75) is 0 Å². The third-order valence-electron chi connectivity index (χ3n) is 4.03. The van der Waals surface area contributed by atoms with Crippen LogP contribution in [-0.4, -0.2) is 19.6 Å². The number of aromatic hydroxyl groups is 1. The molecule has 6 heteroatoms. The van der Waals surface area contributed by atoms with Crippen LogP contribution in [0.5, 0.6) is 17.4 Å². The molecular weight excluding hydrogens is 318 g/mol. The topological polar surface area (TPSA) is 80.1 Å². The lowest BCUT2D eigenvalue weighted by atomic mass is 10.1. The van der Waals surface area contributed by atoms with E-state index in [1.54, 1.807) is 49.9 Å². The summed E-state index contributed by atoms with van der Waals surface area (Å²) in [6.07, 6.45) is 5.17. The average molecular weight is 333 g/mol. The highest BCUT2D eigenvalue weighted by molar-refractivity contribution is 5.96. The molecule has 0 atom stereocenters. The van der Waals surface area contributed by atoms with Gasteiger partial charge in [0.05, 0.1) is 0 Å². The van der Waals surface area contributed by atoms with E-state index < -0.39 is 0 Å². The monoisotopic (exact) mass is 333 g/mol. The Kier molecular flexibility index (Phi) is 3.50. The third-order valence-corrected chi connectivity index (χ3v) is 4.03. The van der Waals surface area contributed by atoms with E-state index >= 15 is 0 Å². The normalized spacial score (nSPS) is 10.9. The van der Waals surface area contributed by atoms with E-state index in [0.717, 1.165) is 16.5 Å². The Bertz CT molecular complexity index is 1110. The van der Waals surface area contributed by atoms with E-state index in [1.165, 1.54) is 4.57 Å². The highest BCUT2D eigenvalue weighted by Crippen LogP contribution is 2.35. The number of benzene rings is 1. The second kappa shape index (κ2) is 5.83. The molecular formula is C19H15N3O3. The minimum Gasteiger partial charge on any atom is -0.508 e. The van der Waals surface area contributed by atoms with Gasteiger partial charge in [-0.3, -0.25) is 4.79 Å². The Balaban J connectivity index is 1.83. The van der Waals surface area contributed by atoms with Crippen molar-refractivity contribution in [3.63, 3.8) is 0 Å². The van der Waals surface area contributed by atoms with Crippen LogP contribution in [0, 0.1) is 0 Å². The molecule has 0 saturated carbocycles. The predicted octanol–water partition coefficient (Wildman–Crippen LogP) is 3.43. The minimum absolute atomic E-state index is 0.0892. The van der Waals surface area contributed by atoms with Crippen molar-refractivity contribution < 1.29 is 9.84 Å². The molecule has 6 nitrogen and oxygen atoms in total. The minimum atomic E-state index is -0.0892. The maximum absolute atomic E-state index is 12.2. The van der Waals surface area contributed by atoms with Crippen molar-refractivity contribution in [3.8, 4) is 28.5 Å². The predicted molar refractivity (Wildman–Crippen MR) is 95.0 cm³/mol. The summed E-state index contributed by atoms with van der Waals surface area (Å²) in [7, 11) is 1.71. The lowest BCUT2D eigenvalue weighted by Gasteiger charge is -2.09. The number of hydrogen-bond donors (Lipinski definition) is 2. The molecule has 0 amide bonds. The van der Waals surface area contributed by atoms with Crippen molar-refractivity contribution in [1.29, 1.82) is 0 Å². The maximum Gasteiger partial charge on any atom is 0.274 e. The largest absolute Gasteiger partial charge is 0.508 e. The van der Waals surface area contributed by atoms with Gasteiger partial charge < -0.3 is 19.4 Å². The quantitative estimate of drug-likeness (QED) is 0.602. The second-order valence-corrected chi connectivity index (χ2v) is 5.67. The van der Waals surface area contributed by atoms with Crippen molar-refractivity contribution in [2.24, 2.45) is 7.05 Å². The van der Waals surface area contributed by atoms with Gasteiger partial charge in [0.25, 0.3) is 5.56 Å². The number of pyridine rings is 2. The number of phenolic OH excluding ortho intramolecular Hbond substituents is 1. The molecule has 0 radical (unpaired) electrons. The summed E-state index contributed by atoms with van der Waals surface area (Å²) >= 11 is 0. The summed E-state index contributed by atoms with van der Waals surface area (Å²) in [5, 5.41) is 10.2. The Morgan fingerprint density at radius 2 is 1.92 bits per heavy atom. The average Bonchev–Trinajstić information content (AvgIpc) is 3.05. The Morgan fingerprint density at radius 3 is 2.72 bits per heavy atom. The first-order valence-corrected chi connectivity index (χ1v) is 7.72. The Labute approximate surface area is 143 Å². The molecule has 0 aliphatic rings. The summed E-state index contributed by atoms with van der Waals surface area (Å²) < 4.78 is 7.40. The van der Waals surface area contributed by atoms with E-state index in [0.29, 0.717) is 17.1 Å². The van der Waals surface area contributed by atoms with Crippen molar-refractivity contribution in [1.82, 2.24) is 14.5 Å². The van der Waals surface area contributed by atoms with Crippen LogP contribution in [0.25, 0.3) is 22.0 Å². The van der Waals surface area contributed by atoms with Crippen LogP contribution in [0.1, 0.15) is 0 Å². The van der Waals surface area contributed by atoms with Gasteiger partial charge in [-0.05, 0) is 42.5 Å². The van der Waals surface area contributed by atoms with Gasteiger partial charge in [0.1, 0.15) is 17.0 Å². The SMILES string of the molecule is Cn1ccc2c(-c3cccnc3Oc3ccc(O)cc3)c[nH]c2c1=O. The Morgan fingerprint density at radius 1 is 1.12 bits per heavy atom. The molecule has 25 heavy (non-hydrogen) atoms. The van der Waals surface area contributed by atoms with E-state index in [-0.39, 0.29) is 11.3 Å². The molecule has 0 aliphatic carbocycles. The maximum atomic E-state index is 12.2. The summed E-state index contributed by atoms with van der Waals surface area (Å²) in [6.45, 7) is 0. The lowest BCUT2D eigenvalue weighted by Crippen LogP contribution is -2.15. The molecule has 4 rings (SSSR count). The van der Waals surface area contributed by atoms with Crippen molar-refractivity contribution >= 4 is 10.9 Å². The van der Waals surface area contributed by atoms with Gasteiger partial charge in [-0.25, -0.2) is 4.98 Å². The molecule has 0 bridgehead atoms. The number of aromatic nitrogens is 3. The number of rotatable bonds is 3. The molecule has 1 aromatic carbocycles. The number of hydrogen-bond acceptors (Lipinski definition) is 4. The molecule has 0 saturated heterocycles. The van der Waals surface area contributed by atoms with Crippen LogP contribution in [0.15, 0.2) is 65.8 Å². The summed E-state index contributed by atoms with van der Waals surface area (Å²) in [4.78, 5) is 19.6. The molecule has 0 unspecified atom stereocenters. The number of aromatic amines is 1. The number of nitrogens with one attached hydrogen (secondary N) is 1. The molecule has 4 aromatic rings. The van der Waals surface area contributed by atoms with Crippen LogP contribution in [0.3, 0.4) is 0 Å². The summed E-state index contributed by atoms with van der Waals surface area (Å²) in [5.74, 6) is 1.16. The molecule has 2 N–H and O–H groups in total. The number of H-pyrrole nitrogens is 1. The van der Waals surface area contributed by atoms with Crippen LogP contribution in [0.2, 0.25) is 0 Å². The number of fused-ring (bicyclic) bond motifs is 1. The molecule has 0 fully saturated rings. The fraction of sp³-hybridized carbons (Fsp3) is 0.0526. The number of aryl methyl sites for hydroxylation is 1. The van der Waals surface area contributed by atoms with Crippen LogP contribution >= 0.6 is 0 Å². The van der Waals surface area contributed by atoms with E-state index in [4.69, 9.17) is 4.74 Å². The van der Waals surface area contributed by atoms with Crippen LogP contribution in [0.4, 0.5) is 0 Å². The van der Waals surface area contributed by atoms with Gasteiger partial charge >= 0.3 is 0 Å². The smallest absolute Gasteiger partial charge is 0.274 e. The van der Waals surface area contributed by atoms with Gasteiger partial charge in [-0.15, -0.1) is 0 Å². The second-order valence-electron chi connectivity index (χ2n) is 5.67. The molecule has 0 spiro atoms. The van der Waals surface area contributed by atoms with E-state index in [1.807, 2.05) is 18.2 Å². The van der Waals surface area contributed by atoms with E-state index in [2.05, 4.69) is 9.97 Å². The lowest BCUT2D eigenvalue weighted by molar-refractivity contribution is 0.455. The van der Waals surface area contributed by atoms with E-state index in [9.17, 15) is 9.90 Å². The first kappa shape index (κ1) is 15.0. The fourth-order valence-corrected chi connectivity index (χ4v) is 2.74. The number of nitrogens with zero attached hydrogens (tertiary/aromatic N) is 2. The zero-order valence-corrected chi connectivity index (χ0v) is 13.4. The number of ether oxygens (including phenoxy) is 1. The van der Waals surface area contributed by atoms with Gasteiger partial charge in [0, 0.05) is 42.2 Å². The highest BCUT2D eigenvalue weighted by Gasteiger charge is 2.14. The third kappa shape index (κ3) is 2.63. The standard InChI is InChI=1S/C19H15N3O3/c1-22-10-8-14-16(11-21-17(14)19(22)24)15-3-2-9-20-18(15)25-13-6-4-12(23)5-7-13/h2-11,21,23H,1H3. The Hall–Kier alpha value is -3.54. The zero-order valence-electron chi connectivity index (χ0n) is 13.4. The molecule has 0 aliphatic heterocycles.